The summed E-state index contributed by atoms with van der Waals surface area (Å²) in [5.74, 6) is -3.49. The standard InChI is InChI=1S/C11H12Cl2F2N2O2/c12-8-2-1-7(3-9(8)13)19-4-10(18)17-6-11(14,15)5-16/h1-3H,4-6,16H2,(H,17,18). The fraction of sp³-hybridized carbons (Fsp3) is 0.364. The van der Waals surface area contributed by atoms with Crippen LogP contribution in [0.15, 0.2) is 18.2 Å². The highest BCUT2D eigenvalue weighted by Gasteiger charge is 2.27. The van der Waals surface area contributed by atoms with E-state index >= 15 is 0 Å². The highest BCUT2D eigenvalue weighted by atomic mass is 35.5. The van der Waals surface area contributed by atoms with Crippen LogP contribution in [-0.4, -0.2) is 31.5 Å². The lowest BCUT2D eigenvalue weighted by atomic mass is 10.3. The number of alkyl halides is 2. The molecule has 19 heavy (non-hydrogen) atoms. The predicted molar refractivity (Wildman–Crippen MR) is 69.0 cm³/mol. The lowest BCUT2D eigenvalue weighted by Gasteiger charge is -2.14. The highest BCUT2D eigenvalue weighted by Crippen LogP contribution is 2.26. The Morgan fingerprint density at radius 3 is 2.63 bits per heavy atom. The third kappa shape index (κ3) is 5.59. The van der Waals surface area contributed by atoms with E-state index in [1.165, 1.54) is 18.2 Å². The lowest BCUT2D eigenvalue weighted by molar-refractivity contribution is -0.124. The largest absolute Gasteiger partial charge is 0.484 e. The molecule has 1 amide bonds. The number of hydrogen-bond acceptors (Lipinski definition) is 3. The molecule has 1 aromatic carbocycles. The Balaban J connectivity index is 2.40. The van der Waals surface area contributed by atoms with Crippen molar-refractivity contribution in [1.29, 1.82) is 0 Å². The minimum absolute atomic E-state index is 0.272. The molecule has 0 aliphatic rings. The number of ether oxygens (including phenoxy) is 1. The van der Waals surface area contributed by atoms with Gasteiger partial charge < -0.3 is 15.8 Å². The van der Waals surface area contributed by atoms with Gasteiger partial charge >= 0.3 is 0 Å². The molecule has 4 nitrogen and oxygen atoms in total. The SMILES string of the molecule is NCC(F)(F)CNC(=O)COc1ccc(Cl)c(Cl)c1. The molecule has 0 unspecified atom stereocenters. The van der Waals surface area contributed by atoms with Crippen molar-refractivity contribution in [3.05, 3.63) is 28.2 Å². The molecule has 0 atom stereocenters. The van der Waals surface area contributed by atoms with Crippen LogP contribution in [0.25, 0.3) is 0 Å². The van der Waals surface area contributed by atoms with Crippen molar-refractivity contribution in [2.24, 2.45) is 5.73 Å². The Hall–Kier alpha value is -1.11. The van der Waals surface area contributed by atoms with Crippen molar-refractivity contribution in [2.75, 3.05) is 19.7 Å². The molecule has 0 spiro atoms. The number of carbonyl (C=O) groups is 1. The number of halogens is 4. The second-order valence-electron chi connectivity index (χ2n) is 3.70. The molecule has 0 aliphatic heterocycles. The summed E-state index contributed by atoms with van der Waals surface area (Å²) < 4.78 is 30.6. The van der Waals surface area contributed by atoms with Crippen molar-refractivity contribution in [3.8, 4) is 5.75 Å². The van der Waals surface area contributed by atoms with Crippen LogP contribution in [0.3, 0.4) is 0 Å². The Labute approximate surface area is 118 Å². The smallest absolute Gasteiger partial charge is 0.277 e. The van der Waals surface area contributed by atoms with Gasteiger partial charge in [0.25, 0.3) is 11.8 Å². The summed E-state index contributed by atoms with van der Waals surface area (Å²) in [5.41, 5.74) is 4.83. The number of nitrogens with one attached hydrogen (secondary N) is 1. The fourth-order valence-electron chi connectivity index (χ4n) is 1.07. The summed E-state index contributed by atoms with van der Waals surface area (Å²) in [5, 5.41) is 2.64. The van der Waals surface area contributed by atoms with Crippen LogP contribution in [0.1, 0.15) is 0 Å². The van der Waals surface area contributed by atoms with E-state index in [9.17, 15) is 13.6 Å². The summed E-state index contributed by atoms with van der Waals surface area (Å²) in [7, 11) is 0. The van der Waals surface area contributed by atoms with Gasteiger partial charge in [-0.15, -0.1) is 0 Å². The number of hydrogen-bond donors (Lipinski definition) is 2. The third-order valence-electron chi connectivity index (χ3n) is 2.10. The quantitative estimate of drug-likeness (QED) is 0.845. The molecule has 8 heteroatoms. The summed E-state index contributed by atoms with van der Waals surface area (Å²) in [6, 6.07) is 4.43. The van der Waals surface area contributed by atoms with Gasteiger partial charge in [-0.1, -0.05) is 23.2 Å². The molecule has 0 bridgehead atoms. The van der Waals surface area contributed by atoms with Gasteiger partial charge in [-0.25, -0.2) is 8.78 Å². The van der Waals surface area contributed by atoms with Gasteiger partial charge in [0.2, 0.25) is 0 Å². The highest BCUT2D eigenvalue weighted by molar-refractivity contribution is 6.42. The third-order valence-corrected chi connectivity index (χ3v) is 2.84. The molecule has 0 radical (unpaired) electrons. The van der Waals surface area contributed by atoms with Gasteiger partial charge in [0.05, 0.1) is 23.1 Å². The number of benzene rings is 1. The van der Waals surface area contributed by atoms with E-state index in [1.54, 1.807) is 0 Å². The average molecular weight is 313 g/mol. The Morgan fingerprint density at radius 1 is 1.37 bits per heavy atom. The molecule has 1 aromatic rings. The van der Waals surface area contributed by atoms with Crippen LogP contribution in [0.4, 0.5) is 8.78 Å². The minimum Gasteiger partial charge on any atom is -0.484 e. The maximum Gasteiger partial charge on any atom is 0.277 e. The van der Waals surface area contributed by atoms with Crippen molar-refractivity contribution in [1.82, 2.24) is 5.32 Å². The zero-order valence-corrected chi connectivity index (χ0v) is 11.3. The van der Waals surface area contributed by atoms with E-state index in [0.29, 0.717) is 10.8 Å². The molecule has 0 heterocycles. The van der Waals surface area contributed by atoms with Gasteiger partial charge in [-0.3, -0.25) is 4.79 Å². The van der Waals surface area contributed by atoms with Crippen LogP contribution in [-0.2, 0) is 4.79 Å². The molecular formula is C11H12Cl2F2N2O2. The number of carbonyl (C=O) groups excluding carboxylic acids is 1. The lowest BCUT2D eigenvalue weighted by Crippen LogP contribution is -2.43. The van der Waals surface area contributed by atoms with Crippen molar-refractivity contribution in [2.45, 2.75) is 5.92 Å². The predicted octanol–water partition coefficient (Wildman–Crippen LogP) is 2.08. The molecule has 0 saturated heterocycles. The number of nitrogens with two attached hydrogens (primary N) is 1. The first kappa shape index (κ1) is 15.9. The maximum absolute atomic E-state index is 12.8. The van der Waals surface area contributed by atoms with Gasteiger partial charge in [0.15, 0.2) is 6.61 Å². The van der Waals surface area contributed by atoms with E-state index in [-0.39, 0.29) is 5.02 Å². The van der Waals surface area contributed by atoms with Crippen LogP contribution in [0.2, 0.25) is 10.0 Å². The summed E-state index contributed by atoms with van der Waals surface area (Å²) in [4.78, 5) is 11.3. The van der Waals surface area contributed by atoms with Crippen LogP contribution in [0.5, 0.6) is 5.75 Å². The normalized spacial score (nSPS) is 11.2. The Bertz CT molecular complexity index is 458. The molecule has 1 rings (SSSR count). The topological polar surface area (TPSA) is 64.3 Å². The van der Waals surface area contributed by atoms with E-state index in [2.05, 4.69) is 0 Å². The summed E-state index contributed by atoms with van der Waals surface area (Å²) in [6.45, 7) is -2.06. The zero-order valence-electron chi connectivity index (χ0n) is 9.76. The maximum atomic E-state index is 12.8. The number of amides is 1. The molecule has 3 N–H and O–H groups in total. The zero-order chi connectivity index (χ0) is 14.5. The first-order valence-corrected chi connectivity index (χ1v) is 6.02. The first-order valence-electron chi connectivity index (χ1n) is 5.26. The second-order valence-corrected chi connectivity index (χ2v) is 4.52. The van der Waals surface area contributed by atoms with Crippen LogP contribution < -0.4 is 15.8 Å². The van der Waals surface area contributed by atoms with Crippen molar-refractivity contribution < 1.29 is 18.3 Å². The van der Waals surface area contributed by atoms with E-state index < -0.39 is 31.5 Å². The first-order chi connectivity index (χ1) is 8.84. The van der Waals surface area contributed by atoms with E-state index in [4.69, 9.17) is 33.7 Å². The van der Waals surface area contributed by atoms with E-state index in [0.717, 1.165) is 0 Å². The van der Waals surface area contributed by atoms with Gasteiger partial charge in [0, 0.05) is 6.07 Å². The number of rotatable bonds is 6. The molecule has 0 fully saturated rings. The van der Waals surface area contributed by atoms with E-state index in [1.807, 2.05) is 5.32 Å². The minimum atomic E-state index is -3.13. The van der Waals surface area contributed by atoms with Crippen molar-refractivity contribution >= 4 is 29.1 Å². The fourth-order valence-corrected chi connectivity index (χ4v) is 1.35. The molecule has 0 aromatic heterocycles. The summed E-state index contributed by atoms with van der Waals surface area (Å²) >= 11 is 11.4. The van der Waals surface area contributed by atoms with Crippen LogP contribution >= 0.6 is 23.2 Å². The molecule has 0 saturated carbocycles. The monoisotopic (exact) mass is 312 g/mol. The molecule has 106 valence electrons. The van der Waals surface area contributed by atoms with Gasteiger partial charge in [-0.2, -0.15) is 0 Å². The summed E-state index contributed by atoms with van der Waals surface area (Å²) in [6.07, 6.45) is 0. The van der Waals surface area contributed by atoms with Gasteiger partial charge in [-0.05, 0) is 12.1 Å². The Kier molecular flexibility index (Phi) is 5.78. The van der Waals surface area contributed by atoms with Gasteiger partial charge in [0.1, 0.15) is 5.75 Å². The Morgan fingerprint density at radius 2 is 2.05 bits per heavy atom. The molecular weight excluding hydrogens is 301 g/mol. The van der Waals surface area contributed by atoms with Crippen LogP contribution in [0, 0.1) is 0 Å². The van der Waals surface area contributed by atoms with Crippen molar-refractivity contribution in [3.63, 3.8) is 0 Å². The second kappa shape index (κ2) is 6.88. The molecule has 0 aliphatic carbocycles. The average Bonchev–Trinajstić information content (AvgIpc) is 2.38.